The van der Waals surface area contributed by atoms with Crippen molar-refractivity contribution in [2.24, 2.45) is 10.2 Å². The summed E-state index contributed by atoms with van der Waals surface area (Å²) < 4.78 is 1.70. The van der Waals surface area contributed by atoms with E-state index < -0.39 is 5.25 Å². The van der Waals surface area contributed by atoms with Gasteiger partial charge in [-0.2, -0.15) is 10.2 Å². The zero-order valence-electron chi connectivity index (χ0n) is 19.0. The normalized spacial score (nSPS) is 16.7. The number of carbonyl (C=O) groups excluding carboxylic acids is 2. The van der Waals surface area contributed by atoms with E-state index in [1.54, 1.807) is 16.8 Å². The monoisotopic (exact) mass is 528 g/mol. The lowest BCUT2D eigenvalue weighted by Gasteiger charge is -2.08. The molecule has 0 bridgehead atoms. The molecule has 1 aliphatic heterocycles. The first-order valence-corrected chi connectivity index (χ1v) is 12.3. The van der Waals surface area contributed by atoms with Crippen LogP contribution in [-0.4, -0.2) is 38.2 Å². The van der Waals surface area contributed by atoms with Gasteiger partial charge in [-0.1, -0.05) is 71.4 Å². The third-order valence-electron chi connectivity index (χ3n) is 5.22. The Morgan fingerprint density at radius 2 is 2.00 bits per heavy atom. The second-order valence-electron chi connectivity index (χ2n) is 7.89. The van der Waals surface area contributed by atoms with Gasteiger partial charge < -0.3 is 10.6 Å². The van der Waals surface area contributed by atoms with Crippen LogP contribution in [0.25, 0.3) is 0 Å². The lowest BCUT2D eigenvalue weighted by Crippen LogP contribution is -2.28. The molecule has 2 aromatic carbocycles. The maximum atomic E-state index is 12.4. The highest BCUT2D eigenvalue weighted by Gasteiger charge is 2.32. The summed E-state index contributed by atoms with van der Waals surface area (Å²) >= 11 is 13.7. The van der Waals surface area contributed by atoms with E-state index in [0.717, 1.165) is 22.9 Å². The molecule has 0 saturated carbocycles. The first-order valence-electron chi connectivity index (χ1n) is 10.7. The van der Waals surface area contributed by atoms with E-state index in [1.165, 1.54) is 6.21 Å². The summed E-state index contributed by atoms with van der Waals surface area (Å²) in [7, 11) is 0. The van der Waals surface area contributed by atoms with Crippen molar-refractivity contribution in [3.63, 3.8) is 0 Å². The highest BCUT2D eigenvalue weighted by Crippen LogP contribution is 2.25. The third-order valence-corrected chi connectivity index (χ3v) is 7.10. The molecule has 1 aliphatic rings. The SMILES string of the molecule is Cc1ccc(NC(=O)CC2S/C(=N/N=Cc3c(C)nn(Cc4ccccc4)c3Cl)NC2=O)cc1Cl. The van der Waals surface area contributed by atoms with Crippen LogP contribution in [0.5, 0.6) is 0 Å². The molecule has 0 spiro atoms. The number of halogens is 2. The molecule has 1 fully saturated rings. The molecule has 180 valence electrons. The number of hydrogen-bond acceptors (Lipinski definition) is 6. The highest BCUT2D eigenvalue weighted by atomic mass is 35.5. The van der Waals surface area contributed by atoms with Gasteiger partial charge in [0.25, 0.3) is 0 Å². The van der Waals surface area contributed by atoms with Crippen molar-refractivity contribution in [1.29, 1.82) is 0 Å². The number of hydrogen-bond donors (Lipinski definition) is 2. The number of amides is 2. The van der Waals surface area contributed by atoms with E-state index in [2.05, 4.69) is 25.9 Å². The minimum Gasteiger partial charge on any atom is -0.326 e. The molecule has 0 aliphatic carbocycles. The summed E-state index contributed by atoms with van der Waals surface area (Å²) in [6, 6.07) is 15.1. The van der Waals surface area contributed by atoms with Crippen LogP contribution in [0.1, 0.15) is 28.8 Å². The summed E-state index contributed by atoms with van der Waals surface area (Å²) in [5.74, 6) is -0.596. The van der Waals surface area contributed by atoms with Gasteiger partial charge in [-0.05, 0) is 37.1 Å². The lowest BCUT2D eigenvalue weighted by atomic mass is 10.2. The number of nitrogens with zero attached hydrogens (tertiary/aromatic N) is 4. The number of benzene rings is 2. The minimum atomic E-state index is -0.608. The van der Waals surface area contributed by atoms with Crippen molar-refractivity contribution in [2.75, 3.05) is 5.32 Å². The molecule has 35 heavy (non-hydrogen) atoms. The lowest BCUT2D eigenvalue weighted by molar-refractivity contribution is -0.122. The number of carbonyl (C=O) groups is 2. The van der Waals surface area contributed by atoms with Gasteiger partial charge in [0.15, 0.2) is 5.17 Å². The predicted molar refractivity (Wildman–Crippen MR) is 142 cm³/mol. The van der Waals surface area contributed by atoms with Gasteiger partial charge in [0.05, 0.1) is 24.0 Å². The average molecular weight is 529 g/mol. The second-order valence-corrected chi connectivity index (χ2v) is 9.85. The summed E-state index contributed by atoms with van der Waals surface area (Å²) in [5.41, 5.74) is 3.92. The van der Waals surface area contributed by atoms with Crippen molar-refractivity contribution < 1.29 is 9.59 Å². The molecule has 11 heteroatoms. The largest absolute Gasteiger partial charge is 0.326 e. The first kappa shape index (κ1) is 25.0. The average Bonchev–Trinajstić information content (AvgIpc) is 3.30. The summed E-state index contributed by atoms with van der Waals surface area (Å²) in [4.78, 5) is 24.7. The molecule has 2 amide bonds. The Kier molecular flexibility index (Phi) is 7.90. The van der Waals surface area contributed by atoms with Crippen LogP contribution in [0.3, 0.4) is 0 Å². The maximum absolute atomic E-state index is 12.4. The van der Waals surface area contributed by atoms with E-state index in [-0.39, 0.29) is 18.2 Å². The Morgan fingerprint density at radius 3 is 2.74 bits per heavy atom. The standard InChI is InChI=1S/C24H22Cl2N6O2S/c1-14-8-9-17(10-19(14)25)28-21(33)11-20-23(34)29-24(35-20)30-27-12-18-15(2)31-32(22(18)26)13-16-6-4-3-5-7-16/h3-10,12,20H,11,13H2,1-2H3,(H,28,33)(H,29,30,34). The zero-order valence-corrected chi connectivity index (χ0v) is 21.3. The number of thioether (sulfide) groups is 1. The molecule has 3 aromatic rings. The molecule has 2 N–H and O–H groups in total. The second kappa shape index (κ2) is 11.1. The first-order chi connectivity index (χ1) is 16.8. The minimum absolute atomic E-state index is 0.0120. The van der Waals surface area contributed by atoms with Gasteiger partial charge in [0.1, 0.15) is 10.4 Å². The Balaban J connectivity index is 1.36. The highest BCUT2D eigenvalue weighted by molar-refractivity contribution is 8.15. The van der Waals surface area contributed by atoms with Crippen LogP contribution in [0.15, 0.2) is 58.7 Å². The molecule has 0 radical (unpaired) electrons. The molecule has 1 unspecified atom stereocenters. The Bertz CT molecular complexity index is 1320. The molecule has 1 atom stereocenters. The molecule has 2 heterocycles. The van der Waals surface area contributed by atoms with Gasteiger partial charge in [-0.25, -0.2) is 4.68 Å². The fraction of sp³-hybridized carbons (Fsp3) is 0.208. The quantitative estimate of drug-likeness (QED) is 0.339. The number of nitrogens with one attached hydrogen (secondary N) is 2. The van der Waals surface area contributed by atoms with E-state index in [1.807, 2.05) is 50.2 Å². The van der Waals surface area contributed by atoms with Crippen LogP contribution < -0.4 is 10.6 Å². The number of amidine groups is 1. The Morgan fingerprint density at radius 1 is 1.23 bits per heavy atom. The number of anilines is 1. The zero-order chi connectivity index (χ0) is 24.9. The van der Waals surface area contributed by atoms with Crippen LogP contribution in [0.2, 0.25) is 10.2 Å². The summed E-state index contributed by atoms with van der Waals surface area (Å²) in [6.07, 6.45) is 1.50. The van der Waals surface area contributed by atoms with Gasteiger partial charge in [0.2, 0.25) is 11.8 Å². The summed E-state index contributed by atoms with van der Waals surface area (Å²) in [5, 5.41) is 18.7. The van der Waals surface area contributed by atoms with Crippen molar-refractivity contribution in [3.05, 3.63) is 81.1 Å². The van der Waals surface area contributed by atoms with E-state index >= 15 is 0 Å². The van der Waals surface area contributed by atoms with E-state index in [4.69, 9.17) is 23.2 Å². The fourth-order valence-electron chi connectivity index (χ4n) is 3.35. The number of aryl methyl sites for hydroxylation is 2. The van der Waals surface area contributed by atoms with Gasteiger partial charge in [0, 0.05) is 17.1 Å². The van der Waals surface area contributed by atoms with Crippen molar-refractivity contribution >= 4 is 63.8 Å². The summed E-state index contributed by atoms with van der Waals surface area (Å²) in [6.45, 7) is 4.25. The van der Waals surface area contributed by atoms with Crippen LogP contribution in [-0.2, 0) is 16.1 Å². The topological polar surface area (TPSA) is 101 Å². The van der Waals surface area contributed by atoms with E-state index in [0.29, 0.717) is 38.8 Å². The van der Waals surface area contributed by atoms with Gasteiger partial charge >= 0.3 is 0 Å². The smallest absolute Gasteiger partial charge is 0.240 e. The molecule has 8 nitrogen and oxygen atoms in total. The van der Waals surface area contributed by atoms with Gasteiger partial charge in [-0.3, -0.25) is 9.59 Å². The molecule has 1 saturated heterocycles. The van der Waals surface area contributed by atoms with E-state index in [9.17, 15) is 9.59 Å². The van der Waals surface area contributed by atoms with Crippen LogP contribution in [0.4, 0.5) is 5.69 Å². The Labute approximate surface area is 216 Å². The molecular formula is C24H22Cl2N6O2S. The fourth-order valence-corrected chi connectivity index (χ4v) is 4.74. The molecular weight excluding hydrogens is 507 g/mol. The van der Waals surface area contributed by atoms with Crippen molar-refractivity contribution in [3.8, 4) is 0 Å². The molecule has 1 aromatic heterocycles. The number of rotatable bonds is 7. The van der Waals surface area contributed by atoms with Crippen LogP contribution in [0, 0.1) is 13.8 Å². The maximum Gasteiger partial charge on any atom is 0.240 e. The number of aromatic nitrogens is 2. The Hall–Kier alpha value is -3.14. The predicted octanol–water partition coefficient (Wildman–Crippen LogP) is 4.81. The van der Waals surface area contributed by atoms with Crippen molar-refractivity contribution in [2.45, 2.75) is 32.1 Å². The van der Waals surface area contributed by atoms with Crippen LogP contribution >= 0.6 is 35.0 Å². The molecule has 4 rings (SSSR count). The van der Waals surface area contributed by atoms with Crippen molar-refractivity contribution in [1.82, 2.24) is 15.1 Å². The van der Waals surface area contributed by atoms with Gasteiger partial charge in [-0.15, -0.1) is 5.10 Å². The third kappa shape index (κ3) is 6.30.